The summed E-state index contributed by atoms with van der Waals surface area (Å²) in [5.41, 5.74) is 2.03. The van der Waals surface area contributed by atoms with Crippen molar-refractivity contribution in [2.45, 2.75) is 25.8 Å². The first-order chi connectivity index (χ1) is 12.9. The second-order valence-electron chi connectivity index (χ2n) is 6.52. The molecule has 3 heterocycles. The van der Waals surface area contributed by atoms with Gasteiger partial charge in [0, 0.05) is 30.9 Å². The van der Waals surface area contributed by atoms with Gasteiger partial charge in [0.05, 0.1) is 12.2 Å². The fraction of sp³-hybridized carbons (Fsp3) is 0.286. The summed E-state index contributed by atoms with van der Waals surface area (Å²) in [7, 11) is 0. The third kappa shape index (κ3) is 3.99. The molecule has 1 N–H and O–H groups in total. The number of nitrogens with zero attached hydrogens (tertiary/aromatic N) is 4. The van der Waals surface area contributed by atoms with Gasteiger partial charge >= 0.3 is 0 Å². The molecule has 5 nitrogen and oxygen atoms in total. The Labute approximate surface area is 154 Å². The largest absolute Gasteiger partial charge is 0.364 e. The monoisotopic (exact) mass is 345 g/mol. The minimum absolute atomic E-state index is 0.644. The van der Waals surface area contributed by atoms with Crippen molar-refractivity contribution < 1.29 is 0 Å². The lowest BCUT2D eigenvalue weighted by molar-refractivity contribution is 0.573. The summed E-state index contributed by atoms with van der Waals surface area (Å²) in [5.74, 6) is 2.60. The van der Waals surface area contributed by atoms with Gasteiger partial charge in [0.25, 0.3) is 0 Å². The molecule has 3 aromatic rings. The Morgan fingerprint density at radius 3 is 2.46 bits per heavy atom. The number of aromatic nitrogens is 3. The van der Waals surface area contributed by atoms with Crippen molar-refractivity contribution in [2.24, 2.45) is 0 Å². The molecule has 0 aliphatic carbocycles. The van der Waals surface area contributed by atoms with E-state index in [2.05, 4.69) is 33.4 Å². The van der Waals surface area contributed by atoms with E-state index in [1.807, 2.05) is 42.6 Å². The minimum atomic E-state index is 0.644. The van der Waals surface area contributed by atoms with Crippen molar-refractivity contribution in [3.63, 3.8) is 0 Å². The third-order valence-electron chi connectivity index (χ3n) is 4.60. The summed E-state index contributed by atoms with van der Waals surface area (Å²) in [6, 6.07) is 18.2. The first-order valence-corrected chi connectivity index (χ1v) is 9.22. The van der Waals surface area contributed by atoms with Crippen LogP contribution < -0.4 is 10.2 Å². The Kier molecular flexibility index (Phi) is 5.05. The number of anilines is 2. The summed E-state index contributed by atoms with van der Waals surface area (Å²) in [6.07, 6.45) is 5.56. The maximum absolute atomic E-state index is 4.84. The van der Waals surface area contributed by atoms with Crippen molar-refractivity contribution in [2.75, 3.05) is 23.3 Å². The lowest BCUT2D eigenvalue weighted by atomic mass is 10.1. The zero-order chi connectivity index (χ0) is 17.6. The van der Waals surface area contributed by atoms with Crippen LogP contribution in [0, 0.1) is 0 Å². The number of hydrogen-bond donors (Lipinski definition) is 1. The molecule has 26 heavy (non-hydrogen) atoms. The smallest absolute Gasteiger partial charge is 0.163 e. The molecule has 0 amide bonds. The van der Waals surface area contributed by atoms with Gasteiger partial charge in [-0.15, -0.1) is 0 Å². The van der Waals surface area contributed by atoms with Gasteiger partial charge in [-0.3, -0.25) is 4.98 Å². The van der Waals surface area contributed by atoms with Crippen LogP contribution in [0.2, 0.25) is 0 Å². The molecule has 1 saturated heterocycles. The highest BCUT2D eigenvalue weighted by atomic mass is 15.2. The highest BCUT2D eigenvalue weighted by Gasteiger charge is 2.15. The molecule has 5 heteroatoms. The third-order valence-corrected chi connectivity index (χ3v) is 4.60. The SMILES string of the molecule is c1ccc(-c2nc(NCc3ccccn3)cc(N3CCCCC3)n2)cc1. The van der Waals surface area contributed by atoms with E-state index in [9.17, 15) is 0 Å². The predicted octanol–water partition coefficient (Wildman–Crippen LogP) is 4.14. The Morgan fingerprint density at radius 2 is 1.69 bits per heavy atom. The van der Waals surface area contributed by atoms with Crippen LogP contribution in [0.15, 0.2) is 60.8 Å². The number of rotatable bonds is 5. The second kappa shape index (κ2) is 7.95. The number of piperidine rings is 1. The number of hydrogen-bond acceptors (Lipinski definition) is 5. The maximum Gasteiger partial charge on any atom is 0.163 e. The van der Waals surface area contributed by atoms with E-state index < -0.39 is 0 Å². The Morgan fingerprint density at radius 1 is 0.885 bits per heavy atom. The average molecular weight is 345 g/mol. The molecule has 4 rings (SSSR count). The van der Waals surface area contributed by atoms with Gasteiger partial charge in [0.2, 0.25) is 0 Å². The van der Waals surface area contributed by atoms with Crippen LogP contribution in [0.3, 0.4) is 0 Å². The van der Waals surface area contributed by atoms with Crippen molar-refractivity contribution in [3.05, 3.63) is 66.5 Å². The van der Waals surface area contributed by atoms with E-state index in [0.29, 0.717) is 6.54 Å². The molecule has 1 aromatic carbocycles. The molecule has 0 radical (unpaired) electrons. The van der Waals surface area contributed by atoms with Gasteiger partial charge in [-0.1, -0.05) is 36.4 Å². The molecular weight excluding hydrogens is 322 g/mol. The average Bonchev–Trinajstić information content (AvgIpc) is 2.74. The van der Waals surface area contributed by atoms with Gasteiger partial charge in [0.15, 0.2) is 5.82 Å². The summed E-state index contributed by atoms with van der Waals surface area (Å²) in [4.78, 5) is 16.3. The van der Waals surface area contributed by atoms with Gasteiger partial charge in [-0.25, -0.2) is 9.97 Å². The van der Waals surface area contributed by atoms with Gasteiger partial charge in [0.1, 0.15) is 11.6 Å². The maximum atomic E-state index is 4.84. The van der Waals surface area contributed by atoms with Crippen LogP contribution in [-0.4, -0.2) is 28.0 Å². The van der Waals surface area contributed by atoms with E-state index in [1.54, 1.807) is 0 Å². The molecule has 0 atom stereocenters. The molecule has 0 bridgehead atoms. The highest BCUT2D eigenvalue weighted by Crippen LogP contribution is 2.25. The lowest BCUT2D eigenvalue weighted by Crippen LogP contribution is -2.30. The van der Waals surface area contributed by atoms with Crippen molar-refractivity contribution in [1.29, 1.82) is 0 Å². The standard InChI is InChI=1S/C21H23N5/c1-3-9-17(10-4-1)21-24-19(23-16-18-11-5-6-12-22-18)15-20(25-21)26-13-7-2-8-14-26/h1,3-6,9-12,15H,2,7-8,13-14,16H2,(H,23,24,25). The zero-order valence-corrected chi connectivity index (χ0v) is 14.8. The first kappa shape index (κ1) is 16.5. The summed E-state index contributed by atoms with van der Waals surface area (Å²) >= 11 is 0. The Hall–Kier alpha value is -2.95. The number of benzene rings is 1. The zero-order valence-electron chi connectivity index (χ0n) is 14.8. The van der Waals surface area contributed by atoms with E-state index in [1.165, 1.54) is 19.3 Å². The van der Waals surface area contributed by atoms with Crippen LogP contribution in [-0.2, 0) is 6.54 Å². The number of nitrogens with one attached hydrogen (secondary N) is 1. The topological polar surface area (TPSA) is 53.9 Å². The predicted molar refractivity (Wildman–Crippen MR) is 105 cm³/mol. The first-order valence-electron chi connectivity index (χ1n) is 9.22. The van der Waals surface area contributed by atoms with Crippen LogP contribution in [0.25, 0.3) is 11.4 Å². The minimum Gasteiger partial charge on any atom is -0.364 e. The molecular formula is C21H23N5. The fourth-order valence-corrected chi connectivity index (χ4v) is 3.21. The lowest BCUT2D eigenvalue weighted by Gasteiger charge is -2.28. The van der Waals surface area contributed by atoms with E-state index in [0.717, 1.165) is 41.8 Å². The van der Waals surface area contributed by atoms with Crippen LogP contribution in [0.1, 0.15) is 25.0 Å². The second-order valence-corrected chi connectivity index (χ2v) is 6.52. The van der Waals surface area contributed by atoms with E-state index >= 15 is 0 Å². The molecule has 2 aromatic heterocycles. The normalized spacial score (nSPS) is 14.2. The molecule has 1 fully saturated rings. The van der Waals surface area contributed by atoms with Crippen molar-refractivity contribution >= 4 is 11.6 Å². The molecule has 0 saturated carbocycles. The highest BCUT2D eigenvalue weighted by molar-refractivity contribution is 5.61. The van der Waals surface area contributed by atoms with Gasteiger partial charge < -0.3 is 10.2 Å². The molecule has 132 valence electrons. The van der Waals surface area contributed by atoms with Crippen LogP contribution >= 0.6 is 0 Å². The number of pyridine rings is 1. The summed E-state index contributed by atoms with van der Waals surface area (Å²) in [6.45, 7) is 2.77. The van der Waals surface area contributed by atoms with Crippen LogP contribution in [0.5, 0.6) is 0 Å². The summed E-state index contributed by atoms with van der Waals surface area (Å²) in [5, 5.41) is 3.41. The van der Waals surface area contributed by atoms with E-state index in [-0.39, 0.29) is 0 Å². The van der Waals surface area contributed by atoms with Crippen molar-refractivity contribution in [1.82, 2.24) is 15.0 Å². The van der Waals surface area contributed by atoms with Gasteiger partial charge in [-0.2, -0.15) is 0 Å². The fourth-order valence-electron chi connectivity index (χ4n) is 3.21. The van der Waals surface area contributed by atoms with Crippen LogP contribution in [0.4, 0.5) is 11.6 Å². The Balaban J connectivity index is 1.63. The van der Waals surface area contributed by atoms with Gasteiger partial charge in [-0.05, 0) is 31.4 Å². The molecule has 1 aliphatic heterocycles. The Bertz CT molecular complexity index is 830. The quantitative estimate of drug-likeness (QED) is 0.753. The molecule has 1 aliphatic rings. The molecule has 0 spiro atoms. The van der Waals surface area contributed by atoms with Crippen molar-refractivity contribution in [3.8, 4) is 11.4 Å². The molecule has 0 unspecified atom stereocenters. The van der Waals surface area contributed by atoms with E-state index in [4.69, 9.17) is 9.97 Å². The summed E-state index contributed by atoms with van der Waals surface area (Å²) < 4.78 is 0.